The number of carbonyl (C=O) groups excluding carboxylic acids is 2. The number of rotatable bonds is 15. The summed E-state index contributed by atoms with van der Waals surface area (Å²) in [5.41, 5.74) is 0. The molecule has 6 nitrogen and oxygen atoms in total. The quantitative estimate of drug-likeness (QED) is 0.119. The van der Waals surface area contributed by atoms with Gasteiger partial charge in [0.1, 0.15) is 6.61 Å². The number of aliphatic hydroxyl groups excluding tert-OH is 1. The Morgan fingerprint density at radius 2 is 1.29 bits per heavy atom. The van der Waals surface area contributed by atoms with Crippen LogP contribution in [0, 0.1) is 71.5 Å². The van der Waals surface area contributed by atoms with Crippen molar-refractivity contribution in [3.05, 3.63) is 0 Å². The number of terminal acetylenes is 1. The highest BCUT2D eigenvalue weighted by Gasteiger charge is 2.15. The summed E-state index contributed by atoms with van der Waals surface area (Å²) < 4.78 is 10.0. The first-order valence-electron chi connectivity index (χ1n) is 11.6. The Morgan fingerprint density at radius 1 is 0.800 bits per heavy atom. The Morgan fingerprint density at radius 3 is 1.80 bits per heavy atom. The third-order valence-electron chi connectivity index (χ3n) is 4.37. The molecule has 0 aliphatic carbocycles. The van der Waals surface area contributed by atoms with Crippen molar-refractivity contribution in [1.29, 1.82) is 0 Å². The van der Waals surface area contributed by atoms with E-state index in [9.17, 15) is 14.7 Å². The summed E-state index contributed by atoms with van der Waals surface area (Å²) in [5, 5.41) is 9.33. The predicted molar refractivity (Wildman–Crippen MR) is 160 cm³/mol. The van der Waals surface area contributed by atoms with E-state index in [0.29, 0.717) is 0 Å². The molecule has 1 atom stereocenters. The van der Waals surface area contributed by atoms with Crippen molar-refractivity contribution in [3.63, 3.8) is 0 Å². The van der Waals surface area contributed by atoms with Crippen LogP contribution in [0.4, 0.5) is 0 Å². The van der Waals surface area contributed by atoms with Gasteiger partial charge in [-0.15, -0.1) is 6.42 Å². The van der Waals surface area contributed by atoms with Gasteiger partial charge in [0.2, 0.25) is 0 Å². The minimum atomic E-state index is -0.922. The Labute approximate surface area is 227 Å². The van der Waals surface area contributed by atoms with E-state index in [1.54, 1.807) is 0 Å². The van der Waals surface area contributed by atoms with Crippen LogP contribution in [0.25, 0.3) is 0 Å². The first-order valence-corrected chi connectivity index (χ1v) is 11.6. The summed E-state index contributed by atoms with van der Waals surface area (Å²) in [6, 6.07) is 0. The van der Waals surface area contributed by atoms with Gasteiger partial charge in [-0.05, 0) is 65.6 Å². The smallest absolute Gasteiger partial charge is 0.385 e. The van der Waals surface area contributed by atoms with Crippen LogP contribution in [0.1, 0.15) is 93.2 Å². The average Bonchev–Trinajstić information content (AvgIpc) is 2.84. The maximum Gasteiger partial charge on any atom is 0.385 e. The summed E-state index contributed by atoms with van der Waals surface area (Å²) in [5.74, 6) is 24.4. The molecule has 0 spiro atoms. The van der Waals surface area contributed by atoms with Gasteiger partial charge in [-0.3, -0.25) is 4.79 Å². The molecule has 0 amide bonds. The van der Waals surface area contributed by atoms with Gasteiger partial charge in [-0.1, -0.05) is 64.7 Å². The molecule has 0 aromatic rings. The molecule has 0 saturated carbocycles. The Hall–Kier alpha value is -3.78. The predicted octanol–water partition coefficient (Wildman–Crippen LogP) is 6.26. The van der Waals surface area contributed by atoms with Crippen molar-refractivity contribution in [1.82, 2.24) is 6.15 Å². The van der Waals surface area contributed by atoms with Crippen molar-refractivity contribution < 1.29 is 39.9 Å². The first kappa shape index (κ1) is 33.4. The highest BCUT2D eigenvalue weighted by Crippen LogP contribution is 2.11. The van der Waals surface area contributed by atoms with Gasteiger partial charge >= 0.3 is 11.9 Å². The van der Waals surface area contributed by atoms with E-state index in [1.807, 2.05) is 0 Å². The molecule has 0 radical (unpaired) electrons. The van der Waals surface area contributed by atoms with Gasteiger partial charge in [0.25, 0.3) is 0 Å². The first-order chi connectivity index (χ1) is 16.6. The van der Waals surface area contributed by atoms with Crippen LogP contribution in [0.15, 0.2) is 0 Å². The molecule has 6 heteroatoms. The van der Waals surface area contributed by atoms with Crippen LogP contribution in [0.2, 0.25) is 0 Å². The SMILES string of the molecule is C#CC#CC#CC#CC#CC#CC(=O)OC[C@H](CO)OC(=O)CCCCCCCCCCCC.N.[HH].[HH].[HH].[HH].[HH].[HH].[HH].[HH].[HH].[HH].[HH]. The van der Waals surface area contributed by atoms with Crippen molar-refractivity contribution in [2.24, 2.45) is 0 Å². The Kier molecular flexibility index (Phi) is 25.3. The zero-order chi connectivity index (χ0) is 25.1. The number of esters is 2. The largest absolute Gasteiger partial charge is 0.456 e. The molecular weight excluding hydrogens is 442 g/mol. The van der Waals surface area contributed by atoms with Gasteiger partial charge in [0.15, 0.2) is 6.10 Å². The van der Waals surface area contributed by atoms with Crippen LogP contribution in [-0.2, 0) is 19.1 Å². The zero-order valence-electron chi connectivity index (χ0n) is 20.6. The number of hydrogen-bond acceptors (Lipinski definition) is 6. The van der Waals surface area contributed by atoms with Crippen LogP contribution < -0.4 is 6.15 Å². The van der Waals surface area contributed by atoms with Gasteiger partial charge in [0, 0.05) is 28.0 Å². The summed E-state index contributed by atoms with van der Waals surface area (Å²) in [7, 11) is 0. The third kappa shape index (κ3) is 24.7. The highest BCUT2D eigenvalue weighted by atomic mass is 16.6. The maximum absolute atomic E-state index is 11.9. The van der Waals surface area contributed by atoms with Gasteiger partial charge in [-0.25, -0.2) is 4.79 Å². The molecule has 0 heterocycles. The van der Waals surface area contributed by atoms with E-state index in [1.165, 1.54) is 44.9 Å². The summed E-state index contributed by atoms with van der Waals surface area (Å²) >= 11 is 0. The Bertz CT molecular complexity index is 1000. The summed E-state index contributed by atoms with van der Waals surface area (Å²) in [6.07, 6.45) is 16.0. The monoisotopic (exact) mass is 499 g/mol. The number of hydrogen-bond donors (Lipinski definition) is 2. The Balaban J connectivity index is -0.0000000825. The lowest BCUT2D eigenvalue weighted by atomic mass is 10.1. The average molecular weight is 500 g/mol. The molecule has 0 unspecified atom stereocenters. The molecule has 0 aromatic carbocycles. The van der Waals surface area contributed by atoms with Crippen LogP contribution >= 0.6 is 0 Å². The van der Waals surface area contributed by atoms with Crippen molar-refractivity contribution >= 4 is 11.9 Å². The van der Waals surface area contributed by atoms with E-state index in [-0.39, 0.29) is 34.9 Å². The molecule has 0 aliphatic heterocycles. The second-order valence-corrected chi connectivity index (χ2v) is 7.22. The molecule has 35 heavy (non-hydrogen) atoms. The minimum absolute atomic E-state index is 0. The molecule has 0 aromatic heterocycles. The van der Waals surface area contributed by atoms with Gasteiger partial charge in [0.05, 0.1) is 6.61 Å². The molecule has 0 bridgehead atoms. The van der Waals surface area contributed by atoms with Gasteiger partial charge in [-0.2, -0.15) is 0 Å². The molecule has 0 saturated heterocycles. The number of unbranched alkanes of at least 4 members (excludes halogenated alkanes) is 9. The van der Waals surface area contributed by atoms with Crippen molar-refractivity contribution in [2.75, 3.05) is 13.2 Å². The fourth-order valence-electron chi connectivity index (χ4n) is 2.67. The topological polar surface area (TPSA) is 108 Å². The van der Waals surface area contributed by atoms with Gasteiger partial charge < -0.3 is 20.7 Å². The maximum atomic E-state index is 11.9. The van der Waals surface area contributed by atoms with E-state index in [2.05, 4.69) is 72.0 Å². The second-order valence-electron chi connectivity index (χ2n) is 7.22. The van der Waals surface area contributed by atoms with Crippen LogP contribution in [-0.4, -0.2) is 36.4 Å². The molecule has 0 fully saturated rings. The summed E-state index contributed by atoms with van der Waals surface area (Å²) in [6.45, 7) is 1.48. The lowest BCUT2D eigenvalue weighted by Crippen LogP contribution is -2.28. The van der Waals surface area contributed by atoms with Crippen LogP contribution in [0.5, 0.6) is 0 Å². The summed E-state index contributed by atoms with van der Waals surface area (Å²) in [4.78, 5) is 23.5. The van der Waals surface area contributed by atoms with E-state index < -0.39 is 24.6 Å². The second kappa shape index (κ2) is 26.5. The molecular formula is C29H57NO5. The number of carbonyl (C=O) groups is 2. The fraction of sp³-hybridized carbons (Fsp3) is 0.517. The lowest BCUT2D eigenvalue weighted by molar-refractivity contribution is -0.159. The van der Waals surface area contributed by atoms with Crippen LogP contribution in [0.3, 0.4) is 0 Å². The standard InChI is InChI=1S/C29H32O5.H3N.11H2/c1-3-5-7-9-11-13-15-17-19-21-23-28(31)33-26-27(25-30)34-29(32)24-22-20-18-16-14-12-10-8-6-4-2;;;;;;;;;;;;/h1,27,30H,4,6,8,10,12,14,16,18,20,22,24-26H2,2H3;1H3;11*1H/t27-;;;;;;;;;;;;/m0............/s1. The van der Waals surface area contributed by atoms with Crippen molar-refractivity contribution in [2.45, 2.75) is 83.7 Å². The number of aliphatic hydroxyl groups is 1. The molecule has 0 rings (SSSR count). The van der Waals surface area contributed by atoms with E-state index in [4.69, 9.17) is 15.9 Å². The molecule has 0 aliphatic rings. The normalized spacial score (nSPS) is 9.06. The van der Waals surface area contributed by atoms with Crippen molar-refractivity contribution in [3.8, 4) is 71.5 Å². The highest BCUT2D eigenvalue weighted by molar-refractivity contribution is 5.89. The lowest BCUT2D eigenvalue weighted by Gasteiger charge is -2.14. The third-order valence-corrected chi connectivity index (χ3v) is 4.37. The number of ether oxygens (including phenoxy) is 2. The van der Waals surface area contributed by atoms with E-state index in [0.717, 1.165) is 19.3 Å². The van der Waals surface area contributed by atoms with E-state index >= 15 is 0 Å². The molecule has 4 N–H and O–H groups in total. The fourth-order valence-corrected chi connectivity index (χ4v) is 2.67. The minimum Gasteiger partial charge on any atom is -0.456 e. The zero-order valence-corrected chi connectivity index (χ0v) is 20.6. The molecule has 208 valence electrons.